The van der Waals surface area contributed by atoms with Gasteiger partial charge in [-0.05, 0) is 20.3 Å². The van der Waals surface area contributed by atoms with Crippen LogP contribution in [0.15, 0.2) is 85.1 Å². The van der Waals surface area contributed by atoms with Crippen LogP contribution in [0.5, 0.6) is 0 Å². The molecule has 0 bridgehead atoms. The predicted octanol–water partition coefficient (Wildman–Crippen LogP) is 0.851. The summed E-state index contributed by atoms with van der Waals surface area (Å²) in [7, 11) is 1.01. The van der Waals surface area contributed by atoms with Crippen molar-refractivity contribution in [2.45, 2.75) is 165 Å². The van der Waals surface area contributed by atoms with E-state index in [0.717, 1.165) is 7.11 Å². The van der Waals surface area contributed by atoms with E-state index in [2.05, 4.69) is 0 Å². The maximum Gasteiger partial charge on any atom is 0.313 e. The van der Waals surface area contributed by atoms with Crippen molar-refractivity contribution >= 4 is 23.5 Å². The lowest BCUT2D eigenvalue weighted by Gasteiger charge is -2.41. The van der Waals surface area contributed by atoms with Gasteiger partial charge in [0.05, 0.1) is 80.6 Å². The van der Waals surface area contributed by atoms with E-state index in [1.54, 1.807) is 86.8 Å². The van der Waals surface area contributed by atoms with Gasteiger partial charge in [0.2, 0.25) is 0 Å². The van der Waals surface area contributed by atoms with Crippen molar-refractivity contribution < 1.29 is 84.1 Å². The van der Waals surface area contributed by atoms with Gasteiger partial charge < -0.3 is 70.6 Å². The van der Waals surface area contributed by atoms with Gasteiger partial charge in [-0.2, -0.15) is 0 Å². The summed E-state index contributed by atoms with van der Waals surface area (Å²) < 4.78 is 21.9. The fraction of sp³-hybridized carbons (Fsp3) is 0.625. The van der Waals surface area contributed by atoms with Crippen LogP contribution >= 0.6 is 0 Å². The molecular formula is C48H73NO17. The first-order chi connectivity index (χ1) is 31.2. The lowest BCUT2D eigenvalue weighted by Crippen LogP contribution is -2.61. The fourth-order valence-corrected chi connectivity index (χ4v) is 7.28. The van der Waals surface area contributed by atoms with E-state index in [1.807, 2.05) is 13.0 Å². The van der Waals surface area contributed by atoms with Gasteiger partial charge in [0.15, 0.2) is 6.29 Å². The number of hydrogen-bond acceptors (Lipinski definition) is 18. The van der Waals surface area contributed by atoms with E-state index in [4.69, 9.17) is 24.7 Å². The van der Waals surface area contributed by atoms with Crippen molar-refractivity contribution in [2.24, 2.45) is 23.5 Å². The molecule has 0 aliphatic carbocycles. The van der Waals surface area contributed by atoms with Gasteiger partial charge >= 0.3 is 11.9 Å². The number of nitrogens with two attached hydrogens (primary N) is 1. The third-order valence-electron chi connectivity index (χ3n) is 11.5. The summed E-state index contributed by atoms with van der Waals surface area (Å²) in [6.45, 7) is 6.69. The van der Waals surface area contributed by atoms with E-state index < -0.39 is 153 Å². The lowest BCUT2D eigenvalue weighted by atomic mass is 9.88. The van der Waals surface area contributed by atoms with Crippen molar-refractivity contribution in [3.8, 4) is 0 Å². The van der Waals surface area contributed by atoms with Crippen LogP contribution in [-0.2, 0) is 38.1 Å². The number of aliphatic hydroxyl groups is 9. The normalized spacial score (nSPS) is 41.1. The Hall–Kier alpha value is -4.02. The van der Waals surface area contributed by atoms with Crippen molar-refractivity contribution in [3.05, 3.63) is 85.1 Å². The summed E-state index contributed by atoms with van der Waals surface area (Å²) >= 11 is 0. The topological polar surface area (TPSA) is 313 Å². The number of methoxy groups -OCH3 is 1. The average molecular weight is 936 g/mol. The quantitative estimate of drug-likeness (QED) is 0.175. The monoisotopic (exact) mass is 935 g/mol. The number of aliphatic hydroxyl groups excluding tert-OH is 9. The summed E-state index contributed by atoms with van der Waals surface area (Å²) in [5.74, 6) is -5.66. The van der Waals surface area contributed by atoms with Crippen LogP contribution in [0.25, 0.3) is 0 Å². The summed E-state index contributed by atoms with van der Waals surface area (Å²) in [5.41, 5.74) is 5.98. The van der Waals surface area contributed by atoms with Crippen molar-refractivity contribution in [1.29, 1.82) is 0 Å². The molecule has 0 amide bonds. The highest BCUT2D eigenvalue weighted by Crippen LogP contribution is 2.27. The molecule has 2 aliphatic rings. The number of carbonyl (C=O) groups excluding carboxylic acids is 4. The fourth-order valence-electron chi connectivity index (χ4n) is 7.28. The summed E-state index contributed by atoms with van der Waals surface area (Å²) in [6, 6.07) is -1.14. The van der Waals surface area contributed by atoms with E-state index >= 15 is 0 Å². The molecule has 11 N–H and O–H groups in total. The summed E-state index contributed by atoms with van der Waals surface area (Å²) in [4.78, 5) is 51.1. The number of allylic oxidation sites excluding steroid dienone is 12. The standard InChI is InChI=1S/C48H73NO17/c1-28-18-16-14-12-10-8-6-7-9-11-13-15-17-19-36(66-48-46(61)43(49)45(60)31(4)65-48)27-40(57)42(47(62)63-5)39(56)25-35(53)24-38(55)37(54)21-20-32(50)22-33(51)23-34(52)26-41(58)64-30(3)29(2)44(28)59/h6-19,28-31,33-34,36-40,42-46,48,51-52,54-57,59-61H,20-27,49H2,1-5H3/b7-6+,10-8+,11-9+,14-12+,15-13+,18-16+,19-17+/t28?,29?,30?,31?,33?,34?,36?,37?,38?,39?,40?,42?,43?,44?,45-,46?,48-/m0/s1. The molecule has 2 aliphatic heterocycles. The number of Topliss-reactive ketones (excluding diaryl/α,β-unsaturated/α-hetero) is 2. The Balaban J connectivity index is 2.32. The van der Waals surface area contributed by atoms with E-state index in [-0.39, 0.29) is 25.2 Å². The second kappa shape index (κ2) is 30.4. The molecule has 17 atom stereocenters. The molecule has 2 rings (SSSR count). The molecule has 18 heteroatoms. The molecule has 15 unspecified atom stereocenters. The van der Waals surface area contributed by atoms with E-state index in [1.165, 1.54) is 13.0 Å². The lowest BCUT2D eigenvalue weighted by molar-refractivity contribution is -0.277. The van der Waals surface area contributed by atoms with Crippen LogP contribution in [-0.4, -0.2) is 162 Å². The SMILES string of the molecule is COC(=O)C1C(O)CC(=O)CC(O)C(O)CCC(=O)CC(O)CC(O)CC(=O)OC(C)C(C)C(O)C(C)/C=C/C=C/C=C/C=C/C=C/C=C/C=C/C(O[C@@H]2OC(C)[C@H](O)C(N)C2O)CC1O. The predicted molar refractivity (Wildman–Crippen MR) is 242 cm³/mol. The maximum absolute atomic E-state index is 13.0. The molecule has 66 heavy (non-hydrogen) atoms. The summed E-state index contributed by atoms with van der Waals surface area (Å²) in [5, 5.41) is 96.2. The van der Waals surface area contributed by atoms with Gasteiger partial charge in [-0.25, -0.2) is 0 Å². The Kier molecular flexibility index (Phi) is 26.7. The smallest absolute Gasteiger partial charge is 0.313 e. The number of ether oxygens (including phenoxy) is 4. The van der Waals surface area contributed by atoms with Crippen molar-refractivity contribution in [3.63, 3.8) is 0 Å². The number of ketones is 2. The van der Waals surface area contributed by atoms with Crippen LogP contribution in [0, 0.1) is 17.8 Å². The maximum atomic E-state index is 13.0. The third kappa shape index (κ3) is 20.9. The Morgan fingerprint density at radius 1 is 0.606 bits per heavy atom. The third-order valence-corrected chi connectivity index (χ3v) is 11.5. The second-order valence-electron chi connectivity index (χ2n) is 17.1. The van der Waals surface area contributed by atoms with Gasteiger partial charge in [-0.1, -0.05) is 98.9 Å². The molecule has 0 aromatic rings. The van der Waals surface area contributed by atoms with Crippen LogP contribution in [0.2, 0.25) is 0 Å². The van der Waals surface area contributed by atoms with Crippen LogP contribution < -0.4 is 5.73 Å². The molecule has 18 nitrogen and oxygen atoms in total. The number of rotatable bonds is 3. The average Bonchev–Trinajstić information content (AvgIpc) is 3.25. The minimum Gasteiger partial charge on any atom is -0.469 e. The zero-order valence-corrected chi connectivity index (χ0v) is 38.4. The van der Waals surface area contributed by atoms with Crippen LogP contribution in [0.4, 0.5) is 0 Å². The summed E-state index contributed by atoms with van der Waals surface area (Å²) in [6.07, 6.45) is 3.28. The first kappa shape index (κ1) is 58.1. The van der Waals surface area contributed by atoms with Crippen LogP contribution in [0.3, 0.4) is 0 Å². The molecule has 0 spiro atoms. The first-order valence-electron chi connectivity index (χ1n) is 22.3. The van der Waals surface area contributed by atoms with Gasteiger partial charge in [0, 0.05) is 50.4 Å². The molecule has 372 valence electrons. The molecule has 0 aromatic heterocycles. The minimum absolute atomic E-state index is 0.298. The zero-order valence-electron chi connectivity index (χ0n) is 38.4. The Morgan fingerprint density at radius 3 is 1.71 bits per heavy atom. The number of hydrogen-bond donors (Lipinski definition) is 10. The van der Waals surface area contributed by atoms with Crippen molar-refractivity contribution in [2.75, 3.05) is 7.11 Å². The molecule has 2 heterocycles. The largest absolute Gasteiger partial charge is 0.469 e. The molecular weight excluding hydrogens is 863 g/mol. The minimum atomic E-state index is -1.84. The van der Waals surface area contributed by atoms with Gasteiger partial charge in [-0.3, -0.25) is 19.2 Å². The highest BCUT2D eigenvalue weighted by molar-refractivity contribution is 5.81. The van der Waals surface area contributed by atoms with Gasteiger partial charge in [0.25, 0.3) is 0 Å². The molecule has 1 fully saturated rings. The number of cyclic esters (lactones) is 1. The number of carbonyl (C=O) groups is 4. The molecule has 0 saturated carbocycles. The first-order valence-corrected chi connectivity index (χ1v) is 22.3. The van der Waals surface area contributed by atoms with E-state index in [0.29, 0.717) is 0 Å². The van der Waals surface area contributed by atoms with Gasteiger partial charge in [0.1, 0.15) is 29.7 Å². The molecule has 0 aromatic carbocycles. The Labute approximate surface area is 387 Å². The molecule has 0 radical (unpaired) electrons. The zero-order chi connectivity index (χ0) is 49.5. The van der Waals surface area contributed by atoms with Gasteiger partial charge in [-0.15, -0.1) is 0 Å². The Bertz CT molecular complexity index is 1710. The highest BCUT2D eigenvalue weighted by Gasteiger charge is 2.43. The second-order valence-corrected chi connectivity index (χ2v) is 17.1. The number of esters is 2. The molecule has 1 saturated heterocycles. The highest BCUT2D eigenvalue weighted by atomic mass is 16.7. The van der Waals surface area contributed by atoms with Crippen LogP contribution in [0.1, 0.15) is 79.1 Å². The van der Waals surface area contributed by atoms with E-state index in [9.17, 15) is 65.1 Å². The Morgan fingerprint density at radius 2 is 1.14 bits per heavy atom. The van der Waals surface area contributed by atoms with Crippen molar-refractivity contribution in [1.82, 2.24) is 0 Å².